The second-order valence-electron chi connectivity index (χ2n) is 6.47. The van der Waals surface area contributed by atoms with Gasteiger partial charge in [0.05, 0.1) is 26.5 Å². The molecule has 0 saturated carbocycles. The summed E-state index contributed by atoms with van der Waals surface area (Å²) in [6.45, 7) is 0.657. The van der Waals surface area contributed by atoms with Gasteiger partial charge in [-0.3, -0.25) is 4.79 Å². The quantitative estimate of drug-likeness (QED) is 0.543. The first-order valence-electron chi connectivity index (χ1n) is 8.77. The number of ether oxygens (including phenoxy) is 1. The molecule has 0 bridgehead atoms. The Morgan fingerprint density at radius 1 is 1.14 bits per heavy atom. The zero-order chi connectivity index (χ0) is 21.0. The van der Waals surface area contributed by atoms with Crippen molar-refractivity contribution in [2.75, 3.05) is 21.2 Å². The van der Waals surface area contributed by atoms with Crippen LogP contribution in [-0.4, -0.2) is 44.7 Å². The molecule has 2 aromatic heterocycles. The van der Waals surface area contributed by atoms with Gasteiger partial charge >= 0.3 is 0 Å². The van der Waals surface area contributed by atoms with Gasteiger partial charge in [0.15, 0.2) is 0 Å². The first-order valence-corrected chi connectivity index (χ1v) is 11.1. The summed E-state index contributed by atoms with van der Waals surface area (Å²) in [5, 5.41) is 1.94. The molecule has 2 heterocycles. The van der Waals surface area contributed by atoms with Crippen LogP contribution in [0.2, 0.25) is 0 Å². The third-order valence-electron chi connectivity index (χ3n) is 4.31. The lowest BCUT2D eigenvalue weighted by Gasteiger charge is -2.22. The number of nitrogens with zero attached hydrogens (tertiary/aromatic N) is 2. The van der Waals surface area contributed by atoms with Crippen LogP contribution in [-0.2, 0) is 23.1 Å². The molecular weight excluding hydrogens is 412 g/mol. The molecule has 0 aliphatic rings. The maximum Gasteiger partial charge on any atom is 0.254 e. The van der Waals surface area contributed by atoms with Crippen LogP contribution < -0.4 is 4.74 Å². The Morgan fingerprint density at radius 2 is 1.93 bits per heavy atom. The van der Waals surface area contributed by atoms with E-state index in [0.29, 0.717) is 12.3 Å². The summed E-state index contributed by atoms with van der Waals surface area (Å²) in [5.41, 5.74) is 0.259. The normalized spacial score (nSPS) is 11.6. The molecular formula is C20H22N2O5S2. The second-order valence-corrected chi connectivity index (χ2v) is 9.63. The molecule has 0 unspecified atom stereocenters. The van der Waals surface area contributed by atoms with Crippen LogP contribution in [0.3, 0.4) is 0 Å². The monoisotopic (exact) mass is 434 g/mol. The number of furan rings is 1. The van der Waals surface area contributed by atoms with E-state index in [0.717, 1.165) is 9.18 Å². The lowest BCUT2D eigenvalue weighted by Crippen LogP contribution is -2.30. The van der Waals surface area contributed by atoms with Gasteiger partial charge < -0.3 is 14.1 Å². The molecule has 7 nitrogen and oxygen atoms in total. The van der Waals surface area contributed by atoms with Crippen molar-refractivity contribution in [1.82, 2.24) is 9.21 Å². The van der Waals surface area contributed by atoms with Crippen molar-refractivity contribution in [2.24, 2.45) is 0 Å². The van der Waals surface area contributed by atoms with Gasteiger partial charge in [0.25, 0.3) is 5.91 Å². The first kappa shape index (κ1) is 21.1. The van der Waals surface area contributed by atoms with Crippen molar-refractivity contribution in [3.8, 4) is 5.75 Å². The third kappa shape index (κ3) is 4.69. The molecule has 0 spiro atoms. The highest BCUT2D eigenvalue weighted by atomic mass is 32.2. The minimum Gasteiger partial charge on any atom is -0.495 e. The van der Waals surface area contributed by atoms with Crippen molar-refractivity contribution in [3.05, 3.63) is 70.3 Å². The number of hydrogen-bond acceptors (Lipinski definition) is 6. The van der Waals surface area contributed by atoms with Crippen LogP contribution >= 0.6 is 11.3 Å². The smallest absolute Gasteiger partial charge is 0.254 e. The largest absolute Gasteiger partial charge is 0.495 e. The van der Waals surface area contributed by atoms with Crippen molar-refractivity contribution in [1.29, 1.82) is 0 Å². The molecule has 0 radical (unpaired) electrons. The molecule has 0 aliphatic carbocycles. The van der Waals surface area contributed by atoms with Gasteiger partial charge in [0.2, 0.25) is 10.0 Å². The fourth-order valence-corrected chi connectivity index (χ4v) is 4.57. The van der Waals surface area contributed by atoms with E-state index in [1.54, 1.807) is 40.7 Å². The number of carbonyl (C=O) groups is 1. The van der Waals surface area contributed by atoms with E-state index >= 15 is 0 Å². The van der Waals surface area contributed by atoms with Crippen molar-refractivity contribution < 1.29 is 22.4 Å². The summed E-state index contributed by atoms with van der Waals surface area (Å²) in [6, 6.07) is 11.9. The Bertz CT molecular complexity index is 1020. The molecule has 1 amide bonds. The number of carbonyl (C=O) groups excluding carboxylic acids is 1. The highest BCUT2D eigenvalue weighted by Gasteiger charge is 2.26. The standard InChI is InChI=1S/C20H22N2O5S2/c1-21(2)29(24,25)19-12-15(8-9-18(19)26-3)20(23)22(13-16-6-4-10-27-16)14-17-7-5-11-28-17/h4-12H,13-14H2,1-3H3. The van der Waals surface area contributed by atoms with E-state index in [1.165, 1.54) is 33.3 Å². The third-order valence-corrected chi connectivity index (χ3v) is 7.01. The molecule has 0 N–H and O–H groups in total. The van der Waals surface area contributed by atoms with Crippen molar-refractivity contribution >= 4 is 27.3 Å². The highest BCUT2D eigenvalue weighted by molar-refractivity contribution is 7.89. The Labute approximate surface area is 174 Å². The Balaban J connectivity index is 1.98. The van der Waals surface area contributed by atoms with Crippen LogP contribution in [0.5, 0.6) is 5.75 Å². The molecule has 1 aromatic carbocycles. The summed E-state index contributed by atoms with van der Waals surface area (Å²) in [4.78, 5) is 15.9. The van der Waals surface area contributed by atoms with Gasteiger partial charge in [-0.05, 0) is 41.8 Å². The summed E-state index contributed by atoms with van der Waals surface area (Å²) in [7, 11) is 0.482. The lowest BCUT2D eigenvalue weighted by atomic mass is 10.1. The van der Waals surface area contributed by atoms with E-state index in [9.17, 15) is 13.2 Å². The summed E-state index contributed by atoms with van der Waals surface area (Å²) in [5.74, 6) is 0.531. The van der Waals surface area contributed by atoms with E-state index in [1.807, 2.05) is 17.5 Å². The average molecular weight is 435 g/mol. The molecule has 154 valence electrons. The molecule has 0 fully saturated rings. The van der Waals surface area contributed by atoms with E-state index in [-0.39, 0.29) is 28.7 Å². The predicted molar refractivity (Wildman–Crippen MR) is 110 cm³/mol. The first-order chi connectivity index (χ1) is 13.8. The van der Waals surface area contributed by atoms with Crippen molar-refractivity contribution in [3.63, 3.8) is 0 Å². The molecule has 9 heteroatoms. The number of benzene rings is 1. The van der Waals surface area contributed by atoms with E-state index < -0.39 is 10.0 Å². The molecule has 3 rings (SSSR count). The average Bonchev–Trinajstić information content (AvgIpc) is 3.40. The molecule has 29 heavy (non-hydrogen) atoms. The van der Waals surface area contributed by atoms with Gasteiger partial charge in [-0.25, -0.2) is 12.7 Å². The van der Waals surface area contributed by atoms with Gasteiger partial charge in [0.1, 0.15) is 16.4 Å². The zero-order valence-corrected chi connectivity index (χ0v) is 18.0. The summed E-state index contributed by atoms with van der Waals surface area (Å²) < 4.78 is 37.0. The predicted octanol–water partition coefficient (Wildman–Crippen LogP) is 3.44. The summed E-state index contributed by atoms with van der Waals surface area (Å²) in [6.07, 6.45) is 1.55. The fraction of sp³-hybridized carbons (Fsp3) is 0.250. The van der Waals surface area contributed by atoms with Crippen molar-refractivity contribution in [2.45, 2.75) is 18.0 Å². The van der Waals surface area contributed by atoms with Crippen LogP contribution in [0.25, 0.3) is 0 Å². The second kappa shape index (κ2) is 8.81. The van der Waals surface area contributed by atoms with Gasteiger partial charge in [-0.15, -0.1) is 11.3 Å². The molecule has 0 saturated heterocycles. The van der Waals surface area contributed by atoms with E-state index in [2.05, 4.69) is 0 Å². The minimum atomic E-state index is -3.78. The Morgan fingerprint density at radius 3 is 2.52 bits per heavy atom. The maximum absolute atomic E-state index is 13.3. The van der Waals surface area contributed by atoms with Gasteiger partial charge in [0, 0.05) is 24.5 Å². The Kier molecular flexibility index (Phi) is 6.41. The number of rotatable bonds is 8. The number of sulfonamides is 1. The van der Waals surface area contributed by atoms with Gasteiger partial charge in [-0.2, -0.15) is 0 Å². The number of thiophene rings is 1. The SMILES string of the molecule is COc1ccc(C(=O)N(Cc2ccco2)Cc2cccs2)cc1S(=O)(=O)N(C)C. The molecule has 3 aromatic rings. The number of amides is 1. The van der Waals surface area contributed by atoms with Crippen LogP contribution in [0, 0.1) is 0 Å². The van der Waals surface area contributed by atoms with Gasteiger partial charge in [-0.1, -0.05) is 6.07 Å². The number of methoxy groups -OCH3 is 1. The fourth-order valence-electron chi connectivity index (χ4n) is 2.77. The zero-order valence-electron chi connectivity index (χ0n) is 16.4. The Hall–Kier alpha value is -2.62. The van der Waals surface area contributed by atoms with Crippen LogP contribution in [0.4, 0.5) is 0 Å². The molecule has 0 atom stereocenters. The topological polar surface area (TPSA) is 80.1 Å². The summed E-state index contributed by atoms with van der Waals surface area (Å²) >= 11 is 1.55. The minimum absolute atomic E-state index is 0.0510. The lowest BCUT2D eigenvalue weighted by molar-refractivity contribution is 0.0719. The number of hydrogen-bond donors (Lipinski definition) is 0. The molecule has 0 aliphatic heterocycles. The highest BCUT2D eigenvalue weighted by Crippen LogP contribution is 2.28. The van der Waals surface area contributed by atoms with Crippen LogP contribution in [0.1, 0.15) is 21.0 Å². The van der Waals surface area contributed by atoms with E-state index in [4.69, 9.17) is 9.15 Å². The van der Waals surface area contributed by atoms with Crippen LogP contribution in [0.15, 0.2) is 63.4 Å². The maximum atomic E-state index is 13.3.